The Hall–Kier alpha value is -2.47. The zero-order chi connectivity index (χ0) is 17.1. The van der Waals surface area contributed by atoms with Crippen molar-refractivity contribution in [2.75, 3.05) is 31.6 Å². The second-order valence-electron chi connectivity index (χ2n) is 6.65. The standard InChI is InChI=1S/C19H22N4O2/c24-18(14-5-2-1-3-6-14)23-10-7-16-15(12-23)13-25-17(16)11-22-19-20-8-4-9-21-19/h1-6,8-9,15-17H,7,10-13H2,(H,20,21,22)/t15-,16-,17-/m1/s1. The lowest BCUT2D eigenvalue weighted by molar-refractivity contribution is 0.0621. The van der Waals surface area contributed by atoms with Gasteiger partial charge in [0.2, 0.25) is 5.95 Å². The van der Waals surface area contributed by atoms with Crippen LogP contribution in [0.3, 0.4) is 0 Å². The summed E-state index contributed by atoms with van der Waals surface area (Å²) in [6.07, 6.45) is 4.58. The van der Waals surface area contributed by atoms with E-state index in [4.69, 9.17) is 4.74 Å². The molecule has 0 bridgehead atoms. The summed E-state index contributed by atoms with van der Waals surface area (Å²) in [6, 6.07) is 11.3. The van der Waals surface area contributed by atoms with Crippen LogP contribution in [-0.4, -0.2) is 53.1 Å². The molecule has 3 heterocycles. The van der Waals surface area contributed by atoms with Crippen LogP contribution in [0.1, 0.15) is 16.8 Å². The minimum atomic E-state index is 0.123. The molecule has 6 nitrogen and oxygen atoms in total. The number of rotatable bonds is 4. The van der Waals surface area contributed by atoms with Crippen LogP contribution in [0, 0.1) is 11.8 Å². The van der Waals surface area contributed by atoms with Gasteiger partial charge in [-0.1, -0.05) is 18.2 Å². The topological polar surface area (TPSA) is 67.3 Å². The minimum absolute atomic E-state index is 0.123. The van der Waals surface area contributed by atoms with Crippen LogP contribution in [0.4, 0.5) is 5.95 Å². The number of amides is 1. The maximum absolute atomic E-state index is 12.6. The zero-order valence-corrected chi connectivity index (χ0v) is 14.0. The first kappa shape index (κ1) is 16.0. The quantitative estimate of drug-likeness (QED) is 0.924. The summed E-state index contributed by atoms with van der Waals surface area (Å²) in [5.41, 5.74) is 0.763. The third-order valence-corrected chi connectivity index (χ3v) is 5.13. The van der Waals surface area contributed by atoms with Crippen molar-refractivity contribution in [1.29, 1.82) is 0 Å². The third kappa shape index (κ3) is 3.49. The fourth-order valence-corrected chi connectivity index (χ4v) is 3.83. The third-order valence-electron chi connectivity index (χ3n) is 5.13. The Morgan fingerprint density at radius 1 is 1.20 bits per heavy atom. The van der Waals surface area contributed by atoms with E-state index >= 15 is 0 Å². The van der Waals surface area contributed by atoms with E-state index in [0.717, 1.165) is 25.1 Å². The average Bonchev–Trinajstić information content (AvgIpc) is 3.09. The van der Waals surface area contributed by atoms with Gasteiger partial charge in [-0.25, -0.2) is 9.97 Å². The Morgan fingerprint density at radius 2 is 2.00 bits per heavy atom. The van der Waals surface area contributed by atoms with Gasteiger partial charge in [0.1, 0.15) is 0 Å². The Morgan fingerprint density at radius 3 is 2.80 bits per heavy atom. The number of hydrogen-bond acceptors (Lipinski definition) is 5. The number of piperidine rings is 1. The molecule has 0 saturated carbocycles. The summed E-state index contributed by atoms with van der Waals surface area (Å²) in [7, 11) is 0. The lowest BCUT2D eigenvalue weighted by atomic mass is 9.84. The van der Waals surface area contributed by atoms with Gasteiger partial charge in [0.05, 0.1) is 12.7 Å². The highest BCUT2D eigenvalue weighted by atomic mass is 16.5. The van der Waals surface area contributed by atoms with Gasteiger partial charge >= 0.3 is 0 Å². The molecule has 1 aromatic carbocycles. The summed E-state index contributed by atoms with van der Waals surface area (Å²) >= 11 is 0. The SMILES string of the molecule is O=C(c1ccccc1)N1CC[C@@H]2[C@@H](CO[C@@H]2CNc2ncccn2)C1. The molecule has 2 aliphatic heterocycles. The van der Waals surface area contributed by atoms with Crippen molar-refractivity contribution in [2.24, 2.45) is 11.8 Å². The van der Waals surface area contributed by atoms with Gasteiger partial charge in [0.25, 0.3) is 5.91 Å². The summed E-state index contributed by atoms with van der Waals surface area (Å²) in [6.45, 7) is 2.98. The number of carbonyl (C=O) groups excluding carboxylic acids is 1. The van der Waals surface area contributed by atoms with Crippen LogP contribution < -0.4 is 5.32 Å². The highest BCUT2D eigenvalue weighted by Gasteiger charge is 2.41. The lowest BCUT2D eigenvalue weighted by Gasteiger charge is -2.35. The van der Waals surface area contributed by atoms with Crippen LogP contribution in [0.2, 0.25) is 0 Å². The van der Waals surface area contributed by atoms with Gasteiger partial charge in [-0.2, -0.15) is 0 Å². The van der Waals surface area contributed by atoms with E-state index in [9.17, 15) is 4.79 Å². The molecule has 2 saturated heterocycles. The van der Waals surface area contributed by atoms with Crippen LogP contribution in [0.25, 0.3) is 0 Å². The Kier molecular flexibility index (Phi) is 4.61. The van der Waals surface area contributed by atoms with Gasteiger partial charge in [-0.15, -0.1) is 0 Å². The predicted octanol–water partition coefficient (Wildman–Crippen LogP) is 2.07. The molecule has 6 heteroatoms. The second-order valence-corrected chi connectivity index (χ2v) is 6.65. The number of likely N-dealkylation sites (tertiary alicyclic amines) is 1. The van der Waals surface area contributed by atoms with Crippen molar-refractivity contribution in [3.63, 3.8) is 0 Å². The molecule has 1 amide bonds. The smallest absolute Gasteiger partial charge is 0.253 e. The van der Waals surface area contributed by atoms with Crippen molar-refractivity contribution in [3.05, 3.63) is 54.4 Å². The van der Waals surface area contributed by atoms with E-state index in [-0.39, 0.29) is 12.0 Å². The average molecular weight is 338 g/mol. The molecule has 0 spiro atoms. The number of hydrogen-bond donors (Lipinski definition) is 1. The summed E-state index contributed by atoms with van der Waals surface area (Å²) in [5, 5.41) is 3.25. The van der Waals surface area contributed by atoms with Crippen LogP contribution in [0.5, 0.6) is 0 Å². The van der Waals surface area contributed by atoms with Gasteiger partial charge < -0.3 is 15.0 Å². The molecule has 4 rings (SSSR count). The zero-order valence-electron chi connectivity index (χ0n) is 14.0. The number of nitrogens with zero attached hydrogens (tertiary/aromatic N) is 3. The van der Waals surface area contributed by atoms with Gasteiger partial charge in [0.15, 0.2) is 0 Å². The normalized spacial score (nSPS) is 25.4. The highest BCUT2D eigenvalue weighted by Crippen LogP contribution is 2.34. The van der Waals surface area contributed by atoms with Crippen molar-refractivity contribution in [2.45, 2.75) is 12.5 Å². The van der Waals surface area contributed by atoms with E-state index < -0.39 is 0 Å². The lowest BCUT2D eigenvalue weighted by Crippen LogP contribution is -2.45. The molecule has 25 heavy (non-hydrogen) atoms. The van der Waals surface area contributed by atoms with E-state index in [0.29, 0.717) is 30.9 Å². The molecule has 3 atom stereocenters. The van der Waals surface area contributed by atoms with Crippen molar-refractivity contribution in [1.82, 2.24) is 14.9 Å². The molecular weight excluding hydrogens is 316 g/mol. The first-order chi connectivity index (χ1) is 12.3. The van der Waals surface area contributed by atoms with E-state index in [1.807, 2.05) is 35.2 Å². The van der Waals surface area contributed by atoms with Crippen LogP contribution in [0.15, 0.2) is 48.8 Å². The van der Waals surface area contributed by atoms with Crippen LogP contribution in [-0.2, 0) is 4.74 Å². The molecule has 1 N–H and O–H groups in total. The molecule has 2 aromatic rings. The molecule has 2 fully saturated rings. The molecule has 0 radical (unpaired) electrons. The fraction of sp³-hybridized carbons (Fsp3) is 0.421. The van der Waals surface area contributed by atoms with E-state index in [1.54, 1.807) is 18.5 Å². The molecular formula is C19H22N4O2. The number of ether oxygens (including phenoxy) is 1. The van der Waals surface area contributed by atoms with E-state index in [1.165, 1.54) is 0 Å². The Balaban J connectivity index is 1.34. The molecule has 2 aliphatic rings. The summed E-state index contributed by atoms with van der Waals surface area (Å²) in [4.78, 5) is 23.0. The highest BCUT2D eigenvalue weighted by molar-refractivity contribution is 5.94. The number of nitrogens with one attached hydrogen (secondary N) is 1. The number of aromatic nitrogens is 2. The molecule has 1 aromatic heterocycles. The predicted molar refractivity (Wildman–Crippen MR) is 94.2 cm³/mol. The maximum atomic E-state index is 12.6. The fourth-order valence-electron chi connectivity index (χ4n) is 3.83. The Labute approximate surface area is 147 Å². The van der Waals surface area contributed by atoms with Gasteiger partial charge in [0, 0.05) is 43.5 Å². The summed E-state index contributed by atoms with van der Waals surface area (Å²) < 4.78 is 6.00. The van der Waals surface area contributed by atoms with Crippen molar-refractivity contribution in [3.8, 4) is 0 Å². The van der Waals surface area contributed by atoms with Crippen LogP contribution >= 0.6 is 0 Å². The first-order valence-electron chi connectivity index (χ1n) is 8.78. The molecule has 0 aliphatic carbocycles. The number of benzene rings is 1. The largest absolute Gasteiger partial charge is 0.376 e. The van der Waals surface area contributed by atoms with Gasteiger partial charge in [-0.05, 0) is 30.5 Å². The first-order valence-corrected chi connectivity index (χ1v) is 8.78. The van der Waals surface area contributed by atoms with Gasteiger partial charge in [-0.3, -0.25) is 4.79 Å². The number of carbonyl (C=O) groups is 1. The van der Waals surface area contributed by atoms with Crippen molar-refractivity contribution < 1.29 is 9.53 Å². The number of anilines is 1. The summed E-state index contributed by atoms with van der Waals surface area (Å²) in [5.74, 6) is 1.64. The number of fused-ring (bicyclic) bond motifs is 1. The molecule has 130 valence electrons. The second kappa shape index (κ2) is 7.19. The maximum Gasteiger partial charge on any atom is 0.253 e. The minimum Gasteiger partial charge on any atom is -0.376 e. The Bertz CT molecular complexity index is 710. The van der Waals surface area contributed by atoms with Crippen molar-refractivity contribution >= 4 is 11.9 Å². The monoisotopic (exact) mass is 338 g/mol. The molecule has 0 unspecified atom stereocenters. The van der Waals surface area contributed by atoms with E-state index in [2.05, 4.69) is 15.3 Å².